The summed E-state index contributed by atoms with van der Waals surface area (Å²) in [7, 11) is 0. The van der Waals surface area contributed by atoms with E-state index in [0.29, 0.717) is 5.56 Å². The molecule has 0 aliphatic heterocycles. The average Bonchev–Trinajstić information content (AvgIpc) is 2.48. The zero-order chi connectivity index (χ0) is 15.5. The molecule has 0 nitrogen and oxygen atoms in total. The van der Waals surface area contributed by atoms with Crippen molar-refractivity contribution < 1.29 is 8.78 Å². The average molecular weight is 361 g/mol. The second kappa shape index (κ2) is 11.2. The summed E-state index contributed by atoms with van der Waals surface area (Å²) in [6, 6.07) is 3.66. The number of hydrogen-bond donors (Lipinski definition) is 0. The first-order chi connectivity index (χ1) is 10.1. The Morgan fingerprint density at radius 2 is 1.48 bits per heavy atom. The number of benzene rings is 1. The van der Waals surface area contributed by atoms with E-state index in [1.165, 1.54) is 63.5 Å². The van der Waals surface area contributed by atoms with Gasteiger partial charge in [-0.05, 0) is 24.6 Å². The van der Waals surface area contributed by atoms with Crippen molar-refractivity contribution in [3.8, 4) is 0 Å². The first-order valence-electron chi connectivity index (χ1n) is 8.24. The summed E-state index contributed by atoms with van der Waals surface area (Å²) in [6.45, 7) is 2.23. The van der Waals surface area contributed by atoms with Crippen molar-refractivity contribution in [2.45, 2.75) is 76.0 Å². The van der Waals surface area contributed by atoms with Crippen molar-refractivity contribution in [1.29, 1.82) is 0 Å². The standard InChI is InChI=1S/C18H27BrF2/c1-2-3-4-5-6-7-8-9-10-11-17(19)16-14-15(20)12-13-18(16)21/h12-14,17H,2-11H2,1H3. The quantitative estimate of drug-likeness (QED) is 0.286. The van der Waals surface area contributed by atoms with Crippen LogP contribution in [0, 0.1) is 11.6 Å². The highest BCUT2D eigenvalue weighted by Crippen LogP contribution is 2.31. The Morgan fingerprint density at radius 3 is 2.10 bits per heavy atom. The lowest BCUT2D eigenvalue weighted by Crippen LogP contribution is -1.96. The monoisotopic (exact) mass is 360 g/mol. The van der Waals surface area contributed by atoms with Gasteiger partial charge in [0.1, 0.15) is 11.6 Å². The molecular weight excluding hydrogens is 334 g/mol. The van der Waals surface area contributed by atoms with Crippen LogP contribution in [-0.2, 0) is 0 Å². The van der Waals surface area contributed by atoms with Crippen LogP contribution in [0.2, 0.25) is 0 Å². The lowest BCUT2D eigenvalue weighted by molar-refractivity contribution is 0.546. The number of unbranched alkanes of at least 4 members (excludes halogenated alkanes) is 8. The molecule has 0 saturated carbocycles. The fourth-order valence-corrected chi connectivity index (χ4v) is 3.22. The van der Waals surface area contributed by atoms with Crippen molar-refractivity contribution in [3.05, 3.63) is 35.4 Å². The van der Waals surface area contributed by atoms with Crippen molar-refractivity contribution in [2.75, 3.05) is 0 Å². The maximum atomic E-state index is 13.6. The minimum Gasteiger partial charge on any atom is -0.207 e. The smallest absolute Gasteiger partial charge is 0.127 e. The lowest BCUT2D eigenvalue weighted by atomic mass is 10.0. The molecule has 1 aromatic rings. The molecule has 0 amide bonds. The Labute approximate surface area is 136 Å². The van der Waals surface area contributed by atoms with Crippen LogP contribution >= 0.6 is 15.9 Å². The molecule has 1 rings (SSSR count). The van der Waals surface area contributed by atoms with Gasteiger partial charge in [-0.1, -0.05) is 80.6 Å². The summed E-state index contributed by atoms with van der Waals surface area (Å²) in [4.78, 5) is -0.0854. The summed E-state index contributed by atoms with van der Waals surface area (Å²) in [5, 5.41) is 0. The summed E-state index contributed by atoms with van der Waals surface area (Å²) < 4.78 is 26.7. The molecule has 0 radical (unpaired) electrons. The van der Waals surface area contributed by atoms with Crippen molar-refractivity contribution in [2.24, 2.45) is 0 Å². The Hall–Kier alpha value is -0.440. The molecule has 0 saturated heterocycles. The molecule has 21 heavy (non-hydrogen) atoms. The van der Waals surface area contributed by atoms with E-state index in [-0.39, 0.29) is 16.5 Å². The first kappa shape index (κ1) is 18.6. The van der Waals surface area contributed by atoms with Gasteiger partial charge >= 0.3 is 0 Å². The Morgan fingerprint density at radius 1 is 0.905 bits per heavy atom. The van der Waals surface area contributed by atoms with Crippen LogP contribution in [0.1, 0.15) is 81.5 Å². The summed E-state index contributed by atoms with van der Waals surface area (Å²) >= 11 is 3.48. The number of rotatable bonds is 11. The molecule has 0 heterocycles. The Bertz CT molecular complexity index is 393. The number of alkyl halides is 1. The van der Waals surface area contributed by atoms with Crippen LogP contribution in [0.3, 0.4) is 0 Å². The van der Waals surface area contributed by atoms with Crippen LogP contribution in [0.15, 0.2) is 18.2 Å². The fraction of sp³-hybridized carbons (Fsp3) is 0.667. The highest BCUT2D eigenvalue weighted by molar-refractivity contribution is 9.09. The van der Waals surface area contributed by atoms with Gasteiger partial charge in [0.15, 0.2) is 0 Å². The van der Waals surface area contributed by atoms with Gasteiger partial charge in [0.25, 0.3) is 0 Å². The predicted molar refractivity (Wildman–Crippen MR) is 89.9 cm³/mol. The van der Waals surface area contributed by atoms with Gasteiger partial charge in [-0.25, -0.2) is 8.78 Å². The second-order valence-electron chi connectivity index (χ2n) is 5.75. The van der Waals surface area contributed by atoms with Crippen molar-refractivity contribution >= 4 is 15.9 Å². The van der Waals surface area contributed by atoms with Crippen LogP contribution < -0.4 is 0 Å². The van der Waals surface area contributed by atoms with E-state index in [1.807, 2.05) is 0 Å². The van der Waals surface area contributed by atoms with Gasteiger partial charge in [-0.2, -0.15) is 0 Å². The molecule has 120 valence electrons. The van der Waals surface area contributed by atoms with Gasteiger partial charge in [-0.3, -0.25) is 0 Å². The largest absolute Gasteiger partial charge is 0.207 e. The molecule has 0 N–H and O–H groups in total. The zero-order valence-corrected chi connectivity index (χ0v) is 14.6. The lowest BCUT2D eigenvalue weighted by Gasteiger charge is -2.11. The fourth-order valence-electron chi connectivity index (χ4n) is 2.54. The van der Waals surface area contributed by atoms with E-state index >= 15 is 0 Å². The van der Waals surface area contributed by atoms with Gasteiger partial charge in [-0.15, -0.1) is 0 Å². The van der Waals surface area contributed by atoms with E-state index in [9.17, 15) is 8.78 Å². The molecule has 0 bridgehead atoms. The van der Waals surface area contributed by atoms with Gasteiger partial charge in [0.2, 0.25) is 0 Å². The SMILES string of the molecule is CCCCCCCCCCCC(Br)c1cc(F)ccc1F. The maximum absolute atomic E-state index is 13.6. The maximum Gasteiger partial charge on any atom is 0.127 e. The Kier molecular flexibility index (Phi) is 9.90. The van der Waals surface area contributed by atoms with E-state index in [4.69, 9.17) is 0 Å². The highest BCUT2D eigenvalue weighted by atomic mass is 79.9. The molecule has 0 fully saturated rings. The third-order valence-corrected chi connectivity index (χ3v) is 4.81. The highest BCUT2D eigenvalue weighted by Gasteiger charge is 2.13. The van der Waals surface area contributed by atoms with Crippen LogP contribution in [-0.4, -0.2) is 0 Å². The minimum absolute atomic E-state index is 0.0854. The summed E-state index contributed by atoms with van der Waals surface area (Å²) in [6.07, 6.45) is 12.3. The molecule has 1 unspecified atom stereocenters. The van der Waals surface area contributed by atoms with Crippen molar-refractivity contribution in [3.63, 3.8) is 0 Å². The Balaban J connectivity index is 2.11. The zero-order valence-electron chi connectivity index (χ0n) is 13.0. The second-order valence-corrected chi connectivity index (χ2v) is 6.86. The van der Waals surface area contributed by atoms with E-state index < -0.39 is 0 Å². The molecule has 0 aliphatic rings. The summed E-state index contributed by atoms with van der Waals surface area (Å²) in [5.41, 5.74) is 0.439. The molecule has 1 aromatic carbocycles. The molecule has 0 aromatic heterocycles. The third kappa shape index (κ3) is 7.94. The van der Waals surface area contributed by atoms with E-state index in [2.05, 4.69) is 22.9 Å². The molecule has 0 spiro atoms. The normalized spacial score (nSPS) is 12.6. The molecular formula is C18H27BrF2. The minimum atomic E-state index is -0.372. The molecule has 1 atom stereocenters. The van der Waals surface area contributed by atoms with Gasteiger partial charge < -0.3 is 0 Å². The van der Waals surface area contributed by atoms with E-state index in [0.717, 1.165) is 18.9 Å². The third-order valence-electron chi connectivity index (χ3n) is 3.86. The van der Waals surface area contributed by atoms with Crippen molar-refractivity contribution in [1.82, 2.24) is 0 Å². The summed E-state index contributed by atoms with van der Waals surface area (Å²) in [5.74, 6) is -0.697. The van der Waals surface area contributed by atoms with Crippen LogP contribution in [0.4, 0.5) is 8.78 Å². The first-order valence-corrected chi connectivity index (χ1v) is 9.15. The molecule has 0 aliphatic carbocycles. The topological polar surface area (TPSA) is 0 Å². The van der Waals surface area contributed by atoms with Gasteiger partial charge in [0, 0.05) is 10.4 Å². The number of hydrogen-bond acceptors (Lipinski definition) is 0. The number of halogens is 3. The van der Waals surface area contributed by atoms with Crippen LogP contribution in [0.25, 0.3) is 0 Å². The predicted octanol–water partition coefficient (Wildman–Crippen LogP) is 7.32. The van der Waals surface area contributed by atoms with Gasteiger partial charge in [0.05, 0.1) is 0 Å². The van der Waals surface area contributed by atoms with E-state index in [1.54, 1.807) is 0 Å². The van der Waals surface area contributed by atoms with Crippen LogP contribution in [0.5, 0.6) is 0 Å². The molecule has 3 heteroatoms.